The Morgan fingerprint density at radius 1 is 1.30 bits per heavy atom. The number of nitrogens with one attached hydrogen (secondary N) is 1. The summed E-state index contributed by atoms with van der Waals surface area (Å²) in [5.74, 6) is -1.34. The molecule has 0 bridgehead atoms. The summed E-state index contributed by atoms with van der Waals surface area (Å²) in [4.78, 5) is 28.5. The van der Waals surface area contributed by atoms with Crippen LogP contribution in [0.2, 0.25) is 0 Å². The number of benzene rings is 1. The van der Waals surface area contributed by atoms with Gasteiger partial charge in [-0.25, -0.2) is 4.39 Å². The molecule has 1 saturated heterocycles. The molecular formula is C16H20FN3O3. The summed E-state index contributed by atoms with van der Waals surface area (Å²) >= 11 is 0. The monoisotopic (exact) mass is 321 g/mol. The van der Waals surface area contributed by atoms with Gasteiger partial charge in [-0.2, -0.15) is 0 Å². The van der Waals surface area contributed by atoms with Gasteiger partial charge in [-0.15, -0.1) is 0 Å². The van der Waals surface area contributed by atoms with Crippen LogP contribution in [0.25, 0.3) is 0 Å². The fourth-order valence-corrected chi connectivity index (χ4v) is 3.21. The zero-order valence-electron chi connectivity index (χ0n) is 12.8. The van der Waals surface area contributed by atoms with E-state index in [0.717, 1.165) is 0 Å². The molecule has 23 heavy (non-hydrogen) atoms. The highest BCUT2D eigenvalue weighted by atomic mass is 19.1. The van der Waals surface area contributed by atoms with Crippen molar-refractivity contribution in [2.75, 3.05) is 44.6 Å². The highest BCUT2D eigenvalue weighted by molar-refractivity contribution is 6.01. The van der Waals surface area contributed by atoms with Gasteiger partial charge in [0.15, 0.2) is 0 Å². The lowest BCUT2D eigenvalue weighted by molar-refractivity contribution is -0.136. The lowest BCUT2D eigenvalue weighted by Crippen LogP contribution is -2.51. The van der Waals surface area contributed by atoms with E-state index in [2.05, 4.69) is 10.2 Å². The van der Waals surface area contributed by atoms with Gasteiger partial charge in [0, 0.05) is 44.8 Å². The Morgan fingerprint density at radius 3 is 2.74 bits per heavy atom. The third-order valence-corrected chi connectivity index (χ3v) is 4.45. The van der Waals surface area contributed by atoms with Crippen LogP contribution < -0.4 is 5.32 Å². The third-order valence-electron chi connectivity index (χ3n) is 4.45. The van der Waals surface area contributed by atoms with Crippen LogP contribution in [0.4, 0.5) is 10.1 Å². The van der Waals surface area contributed by atoms with Gasteiger partial charge in [0.25, 0.3) is 0 Å². The number of piperazine rings is 1. The quantitative estimate of drug-likeness (QED) is 0.845. The standard InChI is InChI=1S/C16H20FN3O3/c17-11-1-2-12-13(10-15(22)18-14(12)9-11)16(23)20-5-3-19(4-6-20)7-8-21/h1-2,9,13,21H,3-8,10H2,(H,18,22). The molecule has 3 rings (SSSR count). The summed E-state index contributed by atoms with van der Waals surface area (Å²) in [6, 6.07) is 4.15. The summed E-state index contributed by atoms with van der Waals surface area (Å²) in [6.45, 7) is 3.29. The molecule has 2 aliphatic rings. The first kappa shape index (κ1) is 15.9. The van der Waals surface area contributed by atoms with E-state index < -0.39 is 11.7 Å². The first-order chi connectivity index (χ1) is 11.1. The van der Waals surface area contributed by atoms with Crippen LogP contribution in [0.1, 0.15) is 17.9 Å². The highest BCUT2D eigenvalue weighted by Gasteiger charge is 2.34. The number of amides is 2. The molecule has 1 atom stereocenters. The summed E-state index contributed by atoms with van der Waals surface area (Å²) in [5, 5.41) is 11.6. The van der Waals surface area contributed by atoms with Gasteiger partial charge in [0.2, 0.25) is 11.8 Å². The number of nitrogens with zero attached hydrogens (tertiary/aromatic N) is 2. The molecule has 1 unspecified atom stereocenters. The molecule has 0 aliphatic carbocycles. The lowest BCUT2D eigenvalue weighted by atomic mass is 9.89. The number of hydrogen-bond acceptors (Lipinski definition) is 4. The Morgan fingerprint density at radius 2 is 2.04 bits per heavy atom. The zero-order valence-corrected chi connectivity index (χ0v) is 12.8. The third kappa shape index (κ3) is 3.35. The van der Waals surface area contributed by atoms with Crippen molar-refractivity contribution in [1.82, 2.24) is 9.80 Å². The molecule has 7 heteroatoms. The Balaban J connectivity index is 1.74. The smallest absolute Gasteiger partial charge is 0.230 e. The number of fused-ring (bicyclic) bond motifs is 1. The van der Waals surface area contributed by atoms with Crippen LogP contribution >= 0.6 is 0 Å². The number of rotatable bonds is 3. The Labute approximate surface area is 133 Å². The fraction of sp³-hybridized carbons (Fsp3) is 0.500. The average Bonchev–Trinajstić information content (AvgIpc) is 2.54. The van der Waals surface area contributed by atoms with E-state index in [1.807, 2.05) is 0 Å². The van der Waals surface area contributed by atoms with Crippen molar-refractivity contribution in [3.05, 3.63) is 29.6 Å². The minimum absolute atomic E-state index is 0.0867. The number of hydrogen-bond donors (Lipinski definition) is 2. The number of carbonyl (C=O) groups excluding carboxylic acids is 2. The molecule has 1 aromatic carbocycles. The number of halogens is 1. The van der Waals surface area contributed by atoms with Crippen molar-refractivity contribution in [2.45, 2.75) is 12.3 Å². The van der Waals surface area contributed by atoms with Crippen molar-refractivity contribution in [3.63, 3.8) is 0 Å². The second-order valence-electron chi connectivity index (χ2n) is 5.93. The topological polar surface area (TPSA) is 72.9 Å². The summed E-state index contributed by atoms with van der Waals surface area (Å²) in [6.07, 6.45) is 0.0916. The van der Waals surface area contributed by atoms with Gasteiger partial charge in [-0.05, 0) is 17.7 Å². The molecule has 2 heterocycles. The van der Waals surface area contributed by atoms with E-state index in [-0.39, 0.29) is 24.8 Å². The van der Waals surface area contributed by atoms with E-state index in [9.17, 15) is 14.0 Å². The second-order valence-corrected chi connectivity index (χ2v) is 5.93. The number of aliphatic hydroxyl groups excluding tert-OH is 1. The van der Waals surface area contributed by atoms with Gasteiger partial charge >= 0.3 is 0 Å². The van der Waals surface area contributed by atoms with Gasteiger partial charge in [0.05, 0.1) is 12.5 Å². The van der Waals surface area contributed by atoms with Gasteiger partial charge in [-0.3, -0.25) is 14.5 Å². The molecule has 124 valence electrons. The normalized spacial score (nSPS) is 21.7. The van der Waals surface area contributed by atoms with Crippen molar-refractivity contribution in [3.8, 4) is 0 Å². The summed E-state index contributed by atoms with van der Waals surface area (Å²) in [5.41, 5.74) is 1.06. The molecule has 0 spiro atoms. The molecule has 2 amide bonds. The second kappa shape index (κ2) is 6.64. The molecule has 2 aliphatic heterocycles. The largest absolute Gasteiger partial charge is 0.395 e. The molecule has 0 aromatic heterocycles. The van der Waals surface area contributed by atoms with Crippen LogP contribution in [-0.2, 0) is 9.59 Å². The number of β-amino-alcohol motifs (C(OH)–C–C–N with tert-alkyl or cyclic N) is 1. The Kier molecular flexibility index (Phi) is 4.58. The molecule has 2 N–H and O–H groups in total. The van der Waals surface area contributed by atoms with E-state index in [0.29, 0.717) is 44.0 Å². The minimum atomic E-state index is -0.552. The van der Waals surface area contributed by atoms with Crippen LogP contribution in [0, 0.1) is 5.82 Å². The maximum absolute atomic E-state index is 13.3. The molecule has 0 radical (unpaired) electrons. The first-order valence-electron chi connectivity index (χ1n) is 7.80. The number of carbonyl (C=O) groups is 2. The van der Waals surface area contributed by atoms with E-state index in [1.54, 1.807) is 11.0 Å². The number of anilines is 1. The Hall–Kier alpha value is -1.99. The van der Waals surface area contributed by atoms with Crippen molar-refractivity contribution < 1.29 is 19.1 Å². The predicted octanol–water partition coefficient (Wildman–Crippen LogP) is 0.388. The predicted molar refractivity (Wildman–Crippen MR) is 82.5 cm³/mol. The van der Waals surface area contributed by atoms with Crippen LogP contribution in [-0.4, -0.2) is 66.1 Å². The average molecular weight is 321 g/mol. The van der Waals surface area contributed by atoms with Gasteiger partial charge < -0.3 is 15.3 Å². The van der Waals surface area contributed by atoms with Crippen molar-refractivity contribution in [2.24, 2.45) is 0 Å². The van der Waals surface area contributed by atoms with Crippen LogP contribution in [0.15, 0.2) is 18.2 Å². The molecule has 6 nitrogen and oxygen atoms in total. The van der Waals surface area contributed by atoms with Crippen molar-refractivity contribution in [1.29, 1.82) is 0 Å². The zero-order chi connectivity index (χ0) is 16.4. The fourth-order valence-electron chi connectivity index (χ4n) is 3.21. The van der Waals surface area contributed by atoms with E-state index in [4.69, 9.17) is 5.11 Å². The van der Waals surface area contributed by atoms with Gasteiger partial charge in [-0.1, -0.05) is 6.07 Å². The summed E-state index contributed by atoms with van der Waals surface area (Å²) in [7, 11) is 0. The minimum Gasteiger partial charge on any atom is -0.395 e. The number of aliphatic hydroxyl groups is 1. The maximum atomic E-state index is 13.3. The van der Waals surface area contributed by atoms with Crippen molar-refractivity contribution >= 4 is 17.5 Å². The SMILES string of the molecule is O=C1CC(C(=O)N2CCN(CCO)CC2)c2ccc(F)cc2N1. The molecule has 0 saturated carbocycles. The molecular weight excluding hydrogens is 301 g/mol. The lowest BCUT2D eigenvalue weighted by Gasteiger charge is -2.37. The highest BCUT2D eigenvalue weighted by Crippen LogP contribution is 2.34. The van der Waals surface area contributed by atoms with E-state index >= 15 is 0 Å². The first-order valence-corrected chi connectivity index (χ1v) is 7.80. The maximum Gasteiger partial charge on any atom is 0.230 e. The van der Waals surface area contributed by atoms with Crippen LogP contribution in [0.3, 0.4) is 0 Å². The van der Waals surface area contributed by atoms with Gasteiger partial charge in [0.1, 0.15) is 5.82 Å². The molecule has 1 fully saturated rings. The van der Waals surface area contributed by atoms with Crippen LogP contribution in [0.5, 0.6) is 0 Å². The van der Waals surface area contributed by atoms with E-state index in [1.165, 1.54) is 12.1 Å². The molecule has 1 aromatic rings. The Bertz CT molecular complexity index is 615. The summed E-state index contributed by atoms with van der Waals surface area (Å²) < 4.78 is 13.3.